The van der Waals surface area contributed by atoms with E-state index in [0.29, 0.717) is 0 Å². The second-order valence-electron chi connectivity index (χ2n) is 5.07. The molecule has 0 fully saturated rings. The highest BCUT2D eigenvalue weighted by atomic mass is 79.9. The first-order valence-electron chi connectivity index (χ1n) is 6.97. The van der Waals surface area contributed by atoms with Gasteiger partial charge in [-0.05, 0) is 48.7 Å². The van der Waals surface area contributed by atoms with Gasteiger partial charge in [0.25, 0.3) is 0 Å². The fraction of sp³-hybridized carbons (Fsp3) is 0.294. The summed E-state index contributed by atoms with van der Waals surface area (Å²) in [7, 11) is 0. The van der Waals surface area contributed by atoms with Crippen molar-refractivity contribution >= 4 is 31.9 Å². The van der Waals surface area contributed by atoms with Gasteiger partial charge in [0.15, 0.2) is 0 Å². The Labute approximate surface area is 142 Å². The number of hydrogen-bond donors (Lipinski definition) is 1. The van der Waals surface area contributed by atoms with E-state index in [4.69, 9.17) is 0 Å². The van der Waals surface area contributed by atoms with Gasteiger partial charge in [-0.3, -0.25) is 0 Å². The molecule has 2 aromatic carbocycles. The van der Waals surface area contributed by atoms with Crippen LogP contribution in [-0.4, -0.2) is 0 Å². The number of halogens is 3. The molecule has 0 aliphatic rings. The molecule has 1 N–H and O–H groups in total. The maximum absolute atomic E-state index is 13.2. The van der Waals surface area contributed by atoms with E-state index in [1.165, 1.54) is 17.7 Å². The maximum atomic E-state index is 13.2. The Balaban J connectivity index is 2.15. The molecule has 0 heterocycles. The molecule has 0 aliphatic heterocycles. The van der Waals surface area contributed by atoms with Gasteiger partial charge in [-0.15, -0.1) is 0 Å². The highest BCUT2D eigenvalue weighted by Crippen LogP contribution is 2.28. The van der Waals surface area contributed by atoms with Crippen molar-refractivity contribution in [3.05, 3.63) is 68.4 Å². The van der Waals surface area contributed by atoms with Crippen LogP contribution in [0.2, 0.25) is 0 Å². The van der Waals surface area contributed by atoms with E-state index >= 15 is 0 Å². The van der Waals surface area contributed by atoms with Gasteiger partial charge >= 0.3 is 0 Å². The van der Waals surface area contributed by atoms with Crippen LogP contribution < -0.4 is 5.32 Å². The molecule has 0 bridgehead atoms. The van der Waals surface area contributed by atoms with E-state index < -0.39 is 0 Å². The molecule has 2 aromatic rings. The highest BCUT2D eigenvalue weighted by molar-refractivity contribution is 9.10. The Morgan fingerprint density at radius 1 is 1.10 bits per heavy atom. The van der Waals surface area contributed by atoms with Crippen molar-refractivity contribution in [1.29, 1.82) is 0 Å². The second-order valence-corrected chi connectivity index (χ2v) is 6.84. The topological polar surface area (TPSA) is 12.0 Å². The van der Waals surface area contributed by atoms with Crippen LogP contribution in [0.25, 0.3) is 0 Å². The average molecular weight is 415 g/mol. The van der Waals surface area contributed by atoms with Crippen LogP contribution in [0, 0.1) is 5.82 Å². The van der Waals surface area contributed by atoms with Gasteiger partial charge in [0.1, 0.15) is 5.82 Å². The Kier molecular flexibility index (Phi) is 5.97. The molecule has 0 saturated heterocycles. The third-order valence-corrected chi connectivity index (χ3v) is 4.78. The molecule has 2 atom stereocenters. The highest BCUT2D eigenvalue weighted by Gasteiger charge is 2.16. The SMILES string of the molecule is CCC(NC(C)c1ccc(F)cc1Br)c1ccc(Br)cc1. The lowest BCUT2D eigenvalue weighted by Crippen LogP contribution is -2.24. The van der Waals surface area contributed by atoms with Crippen molar-refractivity contribution in [2.45, 2.75) is 32.4 Å². The summed E-state index contributed by atoms with van der Waals surface area (Å²) in [5.74, 6) is -0.224. The standard InChI is InChI=1S/C17H18Br2FN/c1-3-17(12-4-6-13(18)7-5-12)21-11(2)15-9-8-14(20)10-16(15)19/h4-11,17,21H,3H2,1-2H3. The number of nitrogens with one attached hydrogen (secondary N) is 1. The summed E-state index contributed by atoms with van der Waals surface area (Å²) in [4.78, 5) is 0. The van der Waals surface area contributed by atoms with Crippen LogP contribution in [0.15, 0.2) is 51.4 Å². The van der Waals surface area contributed by atoms with Crippen molar-refractivity contribution in [2.75, 3.05) is 0 Å². The summed E-state index contributed by atoms with van der Waals surface area (Å²) in [6.07, 6.45) is 0.991. The lowest BCUT2D eigenvalue weighted by molar-refractivity contribution is 0.455. The molecule has 4 heteroatoms. The van der Waals surface area contributed by atoms with E-state index in [2.05, 4.69) is 75.3 Å². The molecule has 0 radical (unpaired) electrons. The van der Waals surface area contributed by atoms with E-state index in [-0.39, 0.29) is 17.9 Å². The summed E-state index contributed by atoms with van der Waals surface area (Å²) in [6, 6.07) is 13.6. The second kappa shape index (κ2) is 7.52. The minimum absolute atomic E-state index is 0.133. The van der Waals surface area contributed by atoms with Gasteiger partial charge in [0.2, 0.25) is 0 Å². The maximum Gasteiger partial charge on any atom is 0.124 e. The molecule has 1 nitrogen and oxygen atoms in total. The van der Waals surface area contributed by atoms with Crippen LogP contribution in [-0.2, 0) is 0 Å². The van der Waals surface area contributed by atoms with E-state index in [9.17, 15) is 4.39 Å². The van der Waals surface area contributed by atoms with Crippen molar-refractivity contribution in [1.82, 2.24) is 5.32 Å². The van der Waals surface area contributed by atoms with Crippen LogP contribution in [0.1, 0.15) is 43.5 Å². The monoisotopic (exact) mass is 413 g/mol. The number of benzene rings is 2. The van der Waals surface area contributed by atoms with Gasteiger partial charge in [-0.2, -0.15) is 0 Å². The molecular formula is C17H18Br2FN. The fourth-order valence-electron chi connectivity index (χ4n) is 2.39. The first-order chi connectivity index (χ1) is 10.0. The zero-order valence-electron chi connectivity index (χ0n) is 12.0. The summed E-state index contributed by atoms with van der Waals surface area (Å²) in [5.41, 5.74) is 2.32. The predicted molar refractivity (Wildman–Crippen MR) is 92.8 cm³/mol. The summed E-state index contributed by atoms with van der Waals surface area (Å²) in [6.45, 7) is 4.26. The quantitative estimate of drug-likeness (QED) is 0.618. The van der Waals surface area contributed by atoms with Gasteiger partial charge in [0, 0.05) is 21.0 Å². The summed E-state index contributed by atoms with van der Waals surface area (Å²) >= 11 is 6.90. The van der Waals surface area contributed by atoms with Crippen LogP contribution >= 0.6 is 31.9 Å². The van der Waals surface area contributed by atoms with E-state index in [0.717, 1.165) is 20.9 Å². The van der Waals surface area contributed by atoms with E-state index in [1.807, 2.05) is 6.07 Å². The van der Waals surface area contributed by atoms with Crippen LogP contribution in [0.5, 0.6) is 0 Å². The molecule has 112 valence electrons. The summed E-state index contributed by atoms with van der Waals surface area (Å²) < 4.78 is 15.1. The van der Waals surface area contributed by atoms with Crippen molar-refractivity contribution in [3.8, 4) is 0 Å². The Hall–Kier alpha value is -0.710. The molecule has 0 aromatic heterocycles. The zero-order chi connectivity index (χ0) is 15.4. The minimum Gasteiger partial charge on any atom is -0.303 e. The molecule has 21 heavy (non-hydrogen) atoms. The van der Waals surface area contributed by atoms with Crippen molar-refractivity contribution in [3.63, 3.8) is 0 Å². The first-order valence-corrected chi connectivity index (χ1v) is 8.56. The first kappa shape index (κ1) is 16.7. The molecule has 0 aliphatic carbocycles. The molecule has 2 unspecified atom stereocenters. The van der Waals surface area contributed by atoms with Gasteiger partial charge < -0.3 is 5.32 Å². The fourth-order valence-corrected chi connectivity index (χ4v) is 3.35. The van der Waals surface area contributed by atoms with Gasteiger partial charge in [-0.25, -0.2) is 4.39 Å². The Morgan fingerprint density at radius 3 is 2.33 bits per heavy atom. The smallest absolute Gasteiger partial charge is 0.124 e. The molecular weight excluding hydrogens is 397 g/mol. The predicted octanol–water partition coefficient (Wildman–Crippen LogP) is 6.15. The number of hydrogen-bond acceptors (Lipinski definition) is 1. The van der Waals surface area contributed by atoms with Gasteiger partial charge in [0.05, 0.1) is 0 Å². The lowest BCUT2D eigenvalue weighted by atomic mass is 10.0. The minimum atomic E-state index is -0.224. The van der Waals surface area contributed by atoms with Gasteiger partial charge in [-0.1, -0.05) is 57.0 Å². The van der Waals surface area contributed by atoms with Crippen LogP contribution in [0.3, 0.4) is 0 Å². The number of rotatable bonds is 5. The average Bonchev–Trinajstić information content (AvgIpc) is 2.45. The largest absolute Gasteiger partial charge is 0.303 e. The molecule has 0 spiro atoms. The third-order valence-electron chi connectivity index (χ3n) is 3.56. The van der Waals surface area contributed by atoms with Crippen LogP contribution in [0.4, 0.5) is 4.39 Å². The van der Waals surface area contributed by atoms with Crippen molar-refractivity contribution in [2.24, 2.45) is 0 Å². The Bertz CT molecular complexity index is 598. The molecule has 2 rings (SSSR count). The Morgan fingerprint density at radius 2 is 1.76 bits per heavy atom. The lowest BCUT2D eigenvalue weighted by Gasteiger charge is -2.24. The normalized spacial score (nSPS) is 14.0. The van der Waals surface area contributed by atoms with Crippen molar-refractivity contribution < 1.29 is 4.39 Å². The zero-order valence-corrected chi connectivity index (χ0v) is 15.2. The third kappa shape index (κ3) is 4.38. The molecule has 0 saturated carbocycles. The molecule has 0 amide bonds. The van der Waals surface area contributed by atoms with E-state index in [1.54, 1.807) is 0 Å². The summed E-state index contributed by atoms with van der Waals surface area (Å²) in [5, 5.41) is 3.61.